The molecule has 0 saturated heterocycles. The van der Waals surface area contributed by atoms with Gasteiger partial charge in [0.15, 0.2) is 0 Å². The molecule has 19 heavy (non-hydrogen) atoms. The first kappa shape index (κ1) is 13.0. The maximum atomic E-state index is 5.54. The fourth-order valence-electron chi connectivity index (χ4n) is 2.80. The lowest BCUT2D eigenvalue weighted by atomic mass is 10.0. The smallest absolute Gasteiger partial charge is 0.122 e. The van der Waals surface area contributed by atoms with Gasteiger partial charge < -0.3 is 10.1 Å². The molecule has 0 amide bonds. The van der Waals surface area contributed by atoms with Gasteiger partial charge in [0, 0.05) is 12.5 Å². The maximum absolute atomic E-state index is 5.54. The SMILES string of the molecule is c1cc2c(cc1CCCCCCNC1CC1)CCO2. The number of unbranched alkanes of at least 4 members (excludes halogenated alkanes) is 3. The van der Waals surface area contributed by atoms with Crippen LogP contribution in [0.25, 0.3) is 0 Å². The van der Waals surface area contributed by atoms with Crippen molar-refractivity contribution in [3.8, 4) is 5.75 Å². The molecule has 1 aromatic carbocycles. The Morgan fingerprint density at radius 2 is 2.00 bits per heavy atom. The van der Waals surface area contributed by atoms with Crippen LogP contribution in [-0.4, -0.2) is 19.2 Å². The van der Waals surface area contributed by atoms with Crippen LogP contribution in [0.2, 0.25) is 0 Å². The third kappa shape index (κ3) is 3.97. The zero-order valence-electron chi connectivity index (χ0n) is 11.8. The van der Waals surface area contributed by atoms with Gasteiger partial charge in [-0.25, -0.2) is 0 Å². The molecule has 1 aromatic rings. The van der Waals surface area contributed by atoms with Crippen molar-refractivity contribution in [1.29, 1.82) is 0 Å². The highest BCUT2D eigenvalue weighted by Crippen LogP contribution is 2.26. The average Bonchev–Trinajstić information content (AvgIpc) is 3.13. The van der Waals surface area contributed by atoms with Crippen LogP contribution in [0.5, 0.6) is 5.75 Å². The Kier molecular flexibility index (Phi) is 4.39. The minimum absolute atomic E-state index is 0.868. The summed E-state index contributed by atoms with van der Waals surface area (Å²) in [6, 6.07) is 7.60. The first-order chi connectivity index (χ1) is 9.42. The summed E-state index contributed by atoms with van der Waals surface area (Å²) in [5, 5.41) is 3.58. The molecule has 2 heteroatoms. The van der Waals surface area contributed by atoms with Crippen LogP contribution in [0.3, 0.4) is 0 Å². The molecule has 2 nitrogen and oxygen atoms in total. The normalized spacial score (nSPS) is 17.3. The maximum Gasteiger partial charge on any atom is 0.122 e. The highest BCUT2D eigenvalue weighted by Gasteiger charge is 2.19. The Balaban J connectivity index is 1.29. The molecule has 1 fully saturated rings. The number of aryl methyl sites for hydroxylation is 1. The molecule has 0 spiro atoms. The van der Waals surface area contributed by atoms with Crippen molar-refractivity contribution in [3.05, 3.63) is 29.3 Å². The van der Waals surface area contributed by atoms with Gasteiger partial charge >= 0.3 is 0 Å². The van der Waals surface area contributed by atoms with E-state index in [0.717, 1.165) is 24.8 Å². The van der Waals surface area contributed by atoms with Crippen molar-refractivity contribution in [1.82, 2.24) is 5.32 Å². The monoisotopic (exact) mass is 259 g/mol. The van der Waals surface area contributed by atoms with E-state index in [1.54, 1.807) is 0 Å². The summed E-state index contributed by atoms with van der Waals surface area (Å²) >= 11 is 0. The molecule has 1 heterocycles. The van der Waals surface area contributed by atoms with Crippen LogP contribution in [0, 0.1) is 0 Å². The third-order valence-electron chi connectivity index (χ3n) is 4.16. The van der Waals surface area contributed by atoms with E-state index >= 15 is 0 Å². The summed E-state index contributed by atoms with van der Waals surface area (Å²) in [5.74, 6) is 1.11. The lowest BCUT2D eigenvalue weighted by Crippen LogP contribution is -2.17. The molecule has 0 atom stereocenters. The standard InChI is InChI=1S/C17H25NO/c1(2-4-11-18-16-7-8-16)3-5-14-6-9-17-15(13-14)10-12-19-17/h6,9,13,16,18H,1-5,7-8,10-12H2. The van der Waals surface area contributed by atoms with Gasteiger partial charge in [0.2, 0.25) is 0 Å². The molecule has 0 aromatic heterocycles. The lowest BCUT2D eigenvalue weighted by Gasteiger charge is -2.05. The molecule has 0 bridgehead atoms. The van der Waals surface area contributed by atoms with Gasteiger partial charge in [-0.1, -0.05) is 25.0 Å². The largest absolute Gasteiger partial charge is 0.493 e. The van der Waals surface area contributed by atoms with E-state index in [9.17, 15) is 0 Å². The summed E-state index contributed by atoms with van der Waals surface area (Å²) in [5.41, 5.74) is 2.89. The number of fused-ring (bicyclic) bond motifs is 1. The van der Waals surface area contributed by atoms with Crippen molar-refractivity contribution in [2.75, 3.05) is 13.2 Å². The lowest BCUT2D eigenvalue weighted by molar-refractivity contribution is 0.357. The minimum Gasteiger partial charge on any atom is -0.493 e. The molecule has 0 unspecified atom stereocenters. The fraction of sp³-hybridized carbons (Fsp3) is 0.647. The first-order valence-corrected chi connectivity index (χ1v) is 7.90. The minimum atomic E-state index is 0.868. The zero-order chi connectivity index (χ0) is 12.9. The Bertz CT molecular complexity index is 412. The van der Waals surface area contributed by atoms with Gasteiger partial charge in [-0.3, -0.25) is 0 Å². The number of hydrogen-bond acceptors (Lipinski definition) is 2. The van der Waals surface area contributed by atoms with Crippen LogP contribution >= 0.6 is 0 Å². The van der Waals surface area contributed by atoms with Crippen LogP contribution in [0.4, 0.5) is 0 Å². The van der Waals surface area contributed by atoms with Crippen molar-refractivity contribution >= 4 is 0 Å². The number of benzene rings is 1. The predicted molar refractivity (Wildman–Crippen MR) is 78.8 cm³/mol. The van der Waals surface area contributed by atoms with E-state index < -0.39 is 0 Å². The zero-order valence-corrected chi connectivity index (χ0v) is 11.8. The molecule has 2 aliphatic rings. The van der Waals surface area contributed by atoms with Crippen LogP contribution in [-0.2, 0) is 12.8 Å². The second-order valence-corrected chi connectivity index (χ2v) is 5.93. The van der Waals surface area contributed by atoms with E-state index in [2.05, 4.69) is 23.5 Å². The van der Waals surface area contributed by atoms with Crippen molar-refractivity contribution < 1.29 is 4.74 Å². The van der Waals surface area contributed by atoms with E-state index in [0.29, 0.717) is 0 Å². The molecule has 1 N–H and O–H groups in total. The first-order valence-electron chi connectivity index (χ1n) is 7.90. The summed E-state index contributed by atoms with van der Waals surface area (Å²) in [4.78, 5) is 0. The fourth-order valence-corrected chi connectivity index (χ4v) is 2.80. The van der Waals surface area contributed by atoms with Crippen molar-refractivity contribution in [2.45, 2.75) is 57.4 Å². The molecular formula is C17H25NO. The van der Waals surface area contributed by atoms with E-state index in [1.165, 1.54) is 62.6 Å². The summed E-state index contributed by atoms with van der Waals surface area (Å²) < 4.78 is 5.54. The predicted octanol–water partition coefficient (Wildman–Crippen LogP) is 3.48. The summed E-state index contributed by atoms with van der Waals surface area (Å²) in [6.07, 6.45) is 10.5. The number of ether oxygens (including phenoxy) is 1. The summed E-state index contributed by atoms with van der Waals surface area (Å²) in [7, 11) is 0. The Hall–Kier alpha value is -1.02. The second kappa shape index (κ2) is 6.42. The van der Waals surface area contributed by atoms with Gasteiger partial charge in [-0.15, -0.1) is 0 Å². The molecule has 3 rings (SSSR count). The average molecular weight is 259 g/mol. The van der Waals surface area contributed by atoms with E-state index in [1.807, 2.05) is 0 Å². The van der Waals surface area contributed by atoms with Gasteiger partial charge in [-0.05, 0) is 55.8 Å². The number of hydrogen-bond donors (Lipinski definition) is 1. The Morgan fingerprint density at radius 1 is 1.11 bits per heavy atom. The Labute approximate surface area is 116 Å². The van der Waals surface area contributed by atoms with E-state index in [-0.39, 0.29) is 0 Å². The Morgan fingerprint density at radius 3 is 2.89 bits per heavy atom. The van der Waals surface area contributed by atoms with Crippen molar-refractivity contribution in [2.24, 2.45) is 0 Å². The van der Waals surface area contributed by atoms with Gasteiger partial charge in [0.25, 0.3) is 0 Å². The van der Waals surface area contributed by atoms with Crippen LogP contribution in [0.1, 0.15) is 49.7 Å². The van der Waals surface area contributed by atoms with Crippen LogP contribution in [0.15, 0.2) is 18.2 Å². The molecule has 1 saturated carbocycles. The van der Waals surface area contributed by atoms with Gasteiger partial charge in [0.1, 0.15) is 5.75 Å². The molecule has 104 valence electrons. The third-order valence-corrected chi connectivity index (χ3v) is 4.16. The highest BCUT2D eigenvalue weighted by atomic mass is 16.5. The molecule has 1 aliphatic carbocycles. The quantitative estimate of drug-likeness (QED) is 0.722. The highest BCUT2D eigenvalue weighted by molar-refractivity contribution is 5.39. The van der Waals surface area contributed by atoms with Crippen molar-refractivity contribution in [3.63, 3.8) is 0 Å². The van der Waals surface area contributed by atoms with Crippen LogP contribution < -0.4 is 10.1 Å². The molecule has 1 aliphatic heterocycles. The van der Waals surface area contributed by atoms with Gasteiger partial charge in [0.05, 0.1) is 6.61 Å². The number of rotatable bonds is 8. The topological polar surface area (TPSA) is 21.3 Å². The molecular weight excluding hydrogens is 234 g/mol. The second-order valence-electron chi connectivity index (χ2n) is 5.93. The summed E-state index contributed by atoms with van der Waals surface area (Å²) in [6.45, 7) is 2.09. The molecule has 0 radical (unpaired) electrons. The van der Waals surface area contributed by atoms with Gasteiger partial charge in [-0.2, -0.15) is 0 Å². The number of nitrogens with one attached hydrogen (secondary N) is 1. The van der Waals surface area contributed by atoms with E-state index in [4.69, 9.17) is 4.74 Å².